The number of aryl methyl sites for hydroxylation is 2. The molecule has 0 atom stereocenters. The molecule has 4 rings (SSSR count). The highest BCUT2D eigenvalue weighted by molar-refractivity contribution is 6.00. The number of rotatable bonds is 9. The first kappa shape index (κ1) is 23.7. The van der Waals surface area contributed by atoms with E-state index in [0.717, 1.165) is 29.5 Å². The van der Waals surface area contributed by atoms with Crippen molar-refractivity contribution < 1.29 is 24.5 Å². The zero-order chi connectivity index (χ0) is 24.8. The lowest BCUT2D eigenvalue weighted by Gasteiger charge is -2.15. The Balaban J connectivity index is 1.45. The van der Waals surface area contributed by atoms with Gasteiger partial charge in [0.25, 0.3) is 0 Å². The van der Waals surface area contributed by atoms with Gasteiger partial charge in [-0.05, 0) is 66.8 Å². The Bertz CT molecular complexity index is 1350. The summed E-state index contributed by atoms with van der Waals surface area (Å²) in [4.78, 5) is 27.2. The third-order valence-electron chi connectivity index (χ3n) is 5.76. The van der Waals surface area contributed by atoms with Gasteiger partial charge in [-0.15, -0.1) is 0 Å². The summed E-state index contributed by atoms with van der Waals surface area (Å²) < 4.78 is 6.04. The number of aromatic nitrogens is 1. The number of aromatic carboxylic acids is 1. The molecule has 0 saturated heterocycles. The van der Waals surface area contributed by atoms with Gasteiger partial charge in [-0.1, -0.05) is 42.5 Å². The van der Waals surface area contributed by atoms with Crippen molar-refractivity contribution in [2.24, 2.45) is 0 Å². The lowest BCUT2D eigenvalue weighted by Crippen LogP contribution is -2.01. The summed E-state index contributed by atoms with van der Waals surface area (Å²) in [6.07, 6.45) is 4.79. The number of Topliss-reactive ketones (excluding diaryl/α,β-unsaturated/α-hetero) is 1. The molecule has 0 aliphatic rings. The van der Waals surface area contributed by atoms with Gasteiger partial charge in [0.05, 0.1) is 16.7 Å². The van der Waals surface area contributed by atoms with Crippen LogP contribution in [0.2, 0.25) is 0 Å². The number of benzene rings is 3. The zero-order valence-corrected chi connectivity index (χ0v) is 19.3. The van der Waals surface area contributed by atoms with Crippen LogP contribution in [0.5, 0.6) is 11.5 Å². The van der Waals surface area contributed by atoms with Gasteiger partial charge in [-0.25, -0.2) is 4.79 Å². The number of phenolic OH excluding ortho intramolecular Hbond substituents is 1. The first-order valence-corrected chi connectivity index (χ1v) is 11.2. The Labute approximate surface area is 203 Å². The molecule has 176 valence electrons. The Kier molecular flexibility index (Phi) is 7.21. The largest absolute Gasteiger partial charge is 0.506 e. The van der Waals surface area contributed by atoms with Crippen LogP contribution in [0.4, 0.5) is 0 Å². The fourth-order valence-electron chi connectivity index (χ4n) is 3.88. The summed E-state index contributed by atoms with van der Waals surface area (Å²) in [5.74, 6) is -0.815. The molecule has 3 aromatic carbocycles. The topological polar surface area (TPSA) is 96.7 Å². The average molecular weight is 468 g/mol. The number of phenols is 1. The van der Waals surface area contributed by atoms with E-state index < -0.39 is 5.97 Å². The molecule has 6 nitrogen and oxygen atoms in total. The predicted octanol–water partition coefficient (Wildman–Crippen LogP) is 5.72. The van der Waals surface area contributed by atoms with E-state index in [9.17, 15) is 14.7 Å². The maximum Gasteiger partial charge on any atom is 0.335 e. The van der Waals surface area contributed by atoms with Crippen molar-refractivity contribution in [2.45, 2.75) is 26.4 Å². The summed E-state index contributed by atoms with van der Waals surface area (Å²) in [7, 11) is 0. The Morgan fingerprint density at radius 2 is 1.63 bits per heavy atom. The van der Waals surface area contributed by atoms with Crippen molar-refractivity contribution in [3.63, 3.8) is 0 Å². The molecule has 0 bridgehead atoms. The van der Waals surface area contributed by atoms with Crippen molar-refractivity contribution in [1.82, 2.24) is 4.98 Å². The fraction of sp³-hybridized carbons (Fsp3) is 0.138. The second-order valence-electron chi connectivity index (χ2n) is 8.24. The molecule has 0 aliphatic heterocycles. The Morgan fingerprint density at radius 1 is 0.886 bits per heavy atom. The van der Waals surface area contributed by atoms with E-state index in [4.69, 9.17) is 9.84 Å². The fourth-order valence-corrected chi connectivity index (χ4v) is 3.88. The summed E-state index contributed by atoms with van der Waals surface area (Å²) in [5, 5.41) is 19.9. The number of nitrogens with zero attached hydrogens (tertiary/aromatic N) is 1. The van der Waals surface area contributed by atoms with Crippen LogP contribution in [0.25, 0.3) is 11.1 Å². The van der Waals surface area contributed by atoms with E-state index in [1.165, 1.54) is 6.92 Å². The van der Waals surface area contributed by atoms with E-state index in [1.807, 2.05) is 30.3 Å². The second-order valence-corrected chi connectivity index (χ2v) is 8.24. The van der Waals surface area contributed by atoms with Gasteiger partial charge in [0.2, 0.25) is 0 Å². The van der Waals surface area contributed by atoms with Gasteiger partial charge in [-0.2, -0.15) is 0 Å². The molecule has 0 amide bonds. The van der Waals surface area contributed by atoms with Crippen molar-refractivity contribution in [1.29, 1.82) is 0 Å². The van der Waals surface area contributed by atoms with Crippen LogP contribution in [-0.2, 0) is 19.4 Å². The number of hydrogen-bond acceptors (Lipinski definition) is 5. The minimum absolute atomic E-state index is 0.120. The van der Waals surface area contributed by atoms with E-state index in [0.29, 0.717) is 22.4 Å². The number of carboxylic acids is 1. The summed E-state index contributed by atoms with van der Waals surface area (Å²) in [6.45, 7) is 1.69. The number of pyridine rings is 1. The lowest BCUT2D eigenvalue weighted by atomic mass is 9.99. The van der Waals surface area contributed by atoms with Crippen molar-refractivity contribution in [3.05, 3.63) is 113 Å². The van der Waals surface area contributed by atoms with E-state index in [-0.39, 0.29) is 23.7 Å². The van der Waals surface area contributed by atoms with Gasteiger partial charge in [0.1, 0.15) is 18.1 Å². The van der Waals surface area contributed by atoms with Gasteiger partial charge in [0, 0.05) is 18.0 Å². The first-order chi connectivity index (χ1) is 16.9. The number of carboxylic acid groups (broad SMARTS) is 1. The highest BCUT2D eigenvalue weighted by Crippen LogP contribution is 2.40. The van der Waals surface area contributed by atoms with Gasteiger partial charge >= 0.3 is 5.97 Å². The summed E-state index contributed by atoms with van der Waals surface area (Å²) in [5.41, 5.74) is 4.69. The average Bonchev–Trinajstić information content (AvgIpc) is 2.87. The van der Waals surface area contributed by atoms with Crippen molar-refractivity contribution in [3.8, 4) is 22.6 Å². The molecule has 6 heteroatoms. The van der Waals surface area contributed by atoms with Crippen LogP contribution < -0.4 is 4.74 Å². The summed E-state index contributed by atoms with van der Waals surface area (Å²) in [6, 6.07) is 21.8. The molecule has 0 fully saturated rings. The van der Waals surface area contributed by atoms with E-state index >= 15 is 0 Å². The lowest BCUT2D eigenvalue weighted by molar-refractivity contribution is 0.0696. The highest BCUT2D eigenvalue weighted by atomic mass is 16.5. The SMILES string of the molecule is CC(=O)c1ccc(OCc2ccc(CCc3cccc(C(=O)O)c3)cc2)c(-c2cccnc2)c1O. The van der Waals surface area contributed by atoms with Crippen molar-refractivity contribution >= 4 is 11.8 Å². The second kappa shape index (κ2) is 10.7. The molecule has 35 heavy (non-hydrogen) atoms. The van der Waals surface area contributed by atoms with Gasteiger partial charge in [0.15, 0.2) is 5.78 Å². The number of carbonyl (C=O) groups excluding carboxylic acids is 1. The quantitative estimate of drug-likeness (QED) is 0.306. The van der Waals surface area contributed by atoms with Gasteiger partial charge in [-0.3, -0.25) is 9.78 Å². The number of ether oxygens (including phenoxy) is 1. The van der Waals surface area contributed by atoms with E-state index in [1.54, 1.807) is 54.9 Å². The highest BCUT2D eigenvalue weighted by Gasteiger charge is 2.18. The minimum Gasteiger partial charge on any atom is -0.506 e. The number of hydrogen-bond donors (Lipinski definition) is 2. The Morgan fingerprint density at radius 3 is 2.31 bits per heavy atom. The van der Waals surface area contributed by atoms with Crippen LogP contribution in [0.15, 0.2) is 85.2 Å². The van der Waals surface area contributed by atoms with Crippen LogP contribution >= 0.6 is 0 Å². The van der Waals surface area contributed by atoms with Crippen LogP contribution in [-0.4, -0.2) is 26.9 Å². The van der Waals surface area contributed by atoms with Crippen molar-refractivity contribution in [2.75, 3.05) is 0 Å². The molecular formula is C29H25NO5. The van der Waals surface area contributed by atoms with Gasteiger partial charge < -0.3 is 14.9 Å². The maximum absolute atomic E-state index is 11.9. The summed E-state index contributed by atoms with van der Waals surface area (Å²) >= 11 is 0. The van der Waals surface area contributed by atoms with Crippen LogP contribution in [0, 0.1) is 0 Å². The number of aromatic hydroxyl groups is 1. The first-order valence-electron chi connectivity index (χ1n) is 11.2. The van der Waals surface area contributed by atoms with E-state index in [2.05, 4.69) is 4.98 Å². The molecule has 1 aromatic heterocycles. The number of ketones is 1. The molecule has 0 radical (unpaired) electrons. The monoisotopic (exact) mass is 467 g/mol. The normalized spacial score (nSPS) is 10.7. The predicted molar refractivity (Wildman–Crippen MR) is 133 cm³/mol. The zero-order valence-electron chi connectivity index (χ0n) is 19.3. The third kappa shape index (κ3) is 5.73. The number of carbonyl (C=O) groups is 2. The Hall–Kier alpha value is -4.45. The molecule has 2 N–H and O–H groups in total. The van der Waals surface area contributed by atoms with Crippen LogP contribution in [0.1, 0.15) is 44.3 Å². The molecule has 4 aromatic rings. The molecule has 0 unspecified atom stereocenters. The minimum atomic E-state index is -0.924. The maximum atomic E-state index is 11.9. The molecule has 1 heterocycles. The third-order valence-corrected chi connectivity index (χ3v) is 5.76. The molecular weight excluding hydrogens is 442 g/mol. The molecule has 0 spiro atoms. The molecule has 0 saturated carbocycles. The molecule has 0 aliphatic carbocycles. The smallest absolute Gasteiger partial charge is 0.335 e. The standard InChI is InChI=1S/C29H25NO5/c1-19(31)25-13-14-26(27(28(25)32)24-6-3-15-30-17-24)35-18-22-11-8-20(9-12-22)7-10-21-4-2-5-23(16-21)29(33)34/h2-6,8-9,11-17,32H,7,10,18H2,1H3,(H,33,34). The van der Waals surface area contributed by atoms with Crippen LogP contribution in [0.3, 0.4) is 0 Å².